The molecule has 2 atom stereocenters. The van der Waals surface area contributed by atoms with Gasteiger partial charge in [-0.15, -0.1) is 0 Å². The van der Waals surface area contributed by atoms with E-state index in [4.69, 9.17) is 9.47 Å². The molecule has 0 aliphatic heterocycles. The standard InChI is InChI=1S/C18H15F3O3/c1-23-11-6-8-12(9-7-11)24-17(22)15-10-14(15)13-4-2-3-5-16(13)18(19,20)21/h2-9,14-15H,10H2,1H3. The highest BCUT2D eigenvalue weighted by Gasteiger charge is 2.48. The van der Waals surface area contributed by atoms with E-state index in [1.165, 1.54) is 19.2 Å². The Labute approximate surface area is 137 Å². The van der Waals surface area contributed by atoms with Gasteiger partial charge in [0.15, 0.2) is 0 Å². The summed E-state index contributed by atoms with van der Waals surface area (Å²) < 4.78 is 49.4. The maximum atomic E-state index is 13.1. The highest BCUT2D eigenvalue weighted by Crippen LogP contribution is 2.51. The average molecular weight is 336 g/mol. The van der Waals surface area contributed by atoms with Crippen LogP contribution in [0.15, 0.2) is 48.5 Å². The highest BCUT2D eigenvalue weighted by atomic mass is 19.4. The molecule has 0 heterocycles. The zero-order valence-corrected chi connectivity index (χ0v) is 12.8. The number of esters is 1. The van der Waals surface area contributed by atoms with E-state index in [9.17, 15) is 18.0 Å². The van der Waals surface area contributed by atoms with E-state index in [2.05, 4.69) is 0 Å². The van der Waals surface area contributed by atoms with Crippen LogP contribution in [0.2, 0.25) is 0 Å². The second kappa shape index (κ2) is 6.19. The zero-order valence-electron chi connectivity index (χ0n) is 12.8. The largest absolute Gasteiger partial charge is 0.497 e. The van der Waals surface area contributed by atoms with Gasteiger partial charge in [0.25, 0.3) is 0 Å². The molecule has 24 heavy (non-hydrogen) atoms. The second-order valence-corrected chi connectivity index (χ2v) is 5.63. The molecular formula is C18H15F3O3. The molecule has 0 N–H and O–H groups in total. The van der Waals surface area contributed by atoms with Gasteiger partial charge in [0.2, 0.25) is 0 Å². The molecule has 0 saturated heterocycles. The molecule has 0 bridgehead atoms. The third-order valence-electron chi connectivity index (χ3n) is 4.04. The van der Waals surface area contributed by atoms with Crippen LogP contribution in [0.4, 0.5) is 13.2 Å². The number of hydrogen-bond donors (Lipinski definition) is 0. The van der Waals surface area contributed by atoms with Crippen LogP contribution in [0.5, 0.6) is 11.5 Å². The lowest BCUT2D eigenvalue weighted by atomic mass is 10.0. The molecule has 2 unspecified atom stereocenters. The van der Waals surface area contributed by atoms with Gasteiger partial charge in [0.05, 0.1) is 18.6 Å². The minimum Gasteiger partial charge on any atom is -0.497 e. The van der Waals surface area contributed by atoms with E-state index in [1.54, 1.807) is 30.3 Å². The summed E-state index contributed by atoms with van der Waals surface area (Å²) in [5.41, 5.74) is -0.531. The molecule has 0 aromatic heterocycles. The molecule has 1 aliphatic carbocycles. The Morgan fingerprint density at radius 1 is 1.04 bits per heavy atom. The van der Waals surface area contributed by atoms with Crippen molar-refractivity contribution in [2.24, 2.45) is 5.92 Å². The molecule has 1 fully saturated rings. The van der Waals surface area contributed by atoms with E-state index in [0.717, 1.165) is 6.07 Å². The predicted octanol–water partition coefficient (Wildman–Crippen LogP) is 4.42. The number of rotatable bonds is 4. The van der Waals surface area contributed by atoms with Crippen molar-refractivity contribution in [1.29, 1.82) is 0 Å². The Morgan fingerprint density at radius 2 is 1.67 bits per heavy atom. The number of ether oxygens (including phenoxy) is 2. The Morgan fingerprint density at radius 3 is 2.29 bits per heavy atom. The maximum absolute atomic E-state index is 13.1. The van der Waals surface area contributed by atoms with Crippen molar-refractivity contribution < 1.29 is 27.4 Å². The van der Waals surface area contributed by atoms with Gasteiger partial charge >= 0.3 is 12.1 Å². The minimum atomic E-state index is -4.43. The third-order valence-corrected chi connectivity index (χ3v) is 4.04. The van der Waals surface area contributed by atoms with E-state index < -0.39 is 29.5 Å². The summed E-state index contributed by atoms with van der Waals surface area (Å²) in [4.78, 5) is 12.1. The molecule has 6 heteroatoms. The van der Waals surface area contributed by atoms with Gasteiger partial charge in [-0.3, -0.25) is 4.79 Å². The van der Waals surface area contributed by atoms with Crippen molar-refractivity contribution in [3.63, 3.8) is 0 Å². The van der Waals surface area contributed by atoms with E-state index in [1.807, 2.05) is 0 Å². The topological polar surface area (TPSA) is 35.5 Å². The first kappa shape index (κ1) is 16.4. The second-order valence-electron chi connectivity index (χ2n) is 5.63. The van der Waals surface area contributed by atoms with Crippen molar-refractivity contribution in [2.45, 2.75) is 18.5 Å². The fourth-order valence-corrected chi connectivity index (χ4v) is 2.71. The summed E-state index contributed by atoms with van der Waals surface area (Å²) in [6.07, 6.45) is -4.06. The summed E-state index contributed by atoms with van der Waals surface area (Å²) >= 11 is 0. The Bertz CT molecular complexity index is 738. The molecule has 1 saturated carbocycles. The molecule has 2 aromatic rings. The van der Waals surface area contributed by atoms with Crippen molar-refractivity contribution in [1.82, 2.24) is 0 Å². The summed E-state index contributed by atoms with van der Waals surface area (Å²) in [7, 11) is 1.52. The van der Waals surface area contributed by atoms with Gasteiger partial charge < -0.3 is 9.47 Å². The Balaban J connectivity index is 1.70. The van der Waals surface area contributed by atoms with Crippen molar-refractivity contribution in [3.8, 4) is 11.5 Å². The molecule has 126 valence electrons. The number of alkyl halides is 3. The summed E-state index contributed by atoms with van der Waals surface area (Å²) in [6, 6.07) is 11.8. The van der Waals surface area contributed by atoms with Gasteiger partial charge in [0, 0.05) is 0 Å². The van der Waals surface area contributed by atoms with E-state index in [-0.39, 0.29) is 5.56 Å². The van der Waals surface area contributed by atoms with Crippen molar-refractivity contribution in [2.75, 3.05) is 7.11 Å². The number of methoxy groups -OCH3 is 1. The molecular weight excluding hydrogens is 321 g/mol. The number of halogens is 3. The predicted molar refractivity (Wildman–Crippen MR) is 80.9 cm³/mol. The van der Waals surface area contributed by atoms with Gasteiger partial charge in [-0.25, -0.2) is 0 Å². The average Bonchev–Trinajstić information content (AvgIpc) is 3.35. The summed E-state index contributed by atoms with van der Waals surface area (Å²) in [5, 5.41) is 0. The van der Waals surface area contributed by atoms with Crippen LogP contribution in [0.1, 0.15) is 23.5 Å². The molecule has 3 nitrogen and oxygen atoms in total. The molecule has 3 rings (SSSR count). The first-order valence-electron chi connectivity index (χ1n) is 7.42. The quantitative estimate of drug-likeness (QED) is 0.612. The van der Waals surface area contributed by atoms with Crippen LogP contribution in [0.25, 0.3) is 0 Å². The lowest BCUT2D eigenvalue weighted by Gasteiger charge is -2.12. The first-order valence-corrected chi connectivity index (χ1v) is 7.42. The number of benzene rings is 2. The minimum absolute atomic E-state index is 0.154. The van der Waals surface area contributed by atoms with E-state index in [0.29, 0.717) is 17.9 Å². The number of carbonyl (C=O) groups is 1. The van der Waals surface area contributed by atoms with Crippen LogP contribution in [-0.2, 0) is 11.0 Å². The fraction of sp³-hybridized carbons (Fsp3) is 0.278. The zero-order chi connectivity index (χ0) is 17.3. The smallest absolute Gasteiger partial charge is 0.416 e. The molecule has 2 aromatic carbocycles. The van der Waals surface area contributed by atoms with Gasteiger partial charge in [-0.05, 0) is 48.2 Å². The Kier molecular flexibility index (Phi) is 4.22. The van der Waals surface area contributed by atoms with Gasteiger partial charge in [0.1, 0.15) is 11.5 Å². The SMILES string of the molecule is COc1ccc(OC(=O)C2CC2c2ccccc2C(F)(F)F)cc1. The monoisotopic (exact) mass is 336 g/mol. The van der Waals surface area contributed by atoms with Crippen molar-refractivity contribution in [3.05, 3.63) is 59.7 Å². The van der Waals surface area contributed by atoms with Gasteiger partial charge in [-0.2, -0.15) is 13.2 Å². The number of carbonyl (C=O) groups excluding carboxylic acids is 1. The molecule has 0 spiro atoms. The molecule has 1 aliphatic rings. The first-order chi connectivity index (χ1) is 11.4. The van der Waals surface area contributed by atoms with Crippen LogP contribution < -0.4 is 9.47 Å². The highest BCUT2D eigenvalue weighted by molar-refractivity contribution is 5.79. The maximum Gasteiger partial charge on any atom is 0.416 e. The lowest BCUT2D eigenvalue weighted by Crippen LogP contribution is -2.13. The van der Waals surface area contributed by atoms with Crippen LogP contribution in [0, 0.1) is 5.92 Å². The van der Waals surface area contributed by atoms with Crippen LogP contribution in [0.3, 0.4) is 0 Å². The normalized spacial score (nSPS) is 19.7. The van der Waals surface area contributed by atoms with E-state index >= 15 is 0 Å². The van der Waals surface area contributed by atoms with Crippen molar-refractivity contribution >= 4 is 5.97 Å². The third kappa shape index (κ3) is 3.37. The summed E-state index contributed by atoms with van der Waals surface area (Å²) in [5.74, 6) is -0.542. The van der Waals surface area contributed by atoms with Gasteiger partial charge in [-0.1, -0.05) is 18.2 Å². The fourth-order valence-electron chi connectivity index (χ4n) is 2.71. The Hall–Kier alpha value is -2.50. The summed E-state index contributed by atoms with van der Waals surface area (Å²) in [6.45, 7) is 0. The van der Waals surface area contributed by atoms with Crippen LogP contribution >= 0.6 is 0 Å². The lowest BCUT2D eigenvalue weighted by molar-refractivity contribution is -0.139. The van der Waals surface area contributed by atoms with Crippen LogP contribution in [-0.4, -0.2) is 13.1 Å². The number of hydrogen-bond acceptors (Lipinski definition) is 3. The molecule has 0 radical (unpaired) electrons. The molecule has 0 amide bonds.